The lowest BCUT2D eigenvalue weighted by Crippen LogP contribution is -2.09. The topological polar surface area (TPSA) is 63.7 Å². The monoisotopic (exact) mass is 252 g/mol. The fraction of sp³-hybridized carbons (Fsp3) is 0.545. The smallest absolute Gasteiger partial charge is 0.244 e. The number of fused-ring (bicyclic) bond motifs is 1. The summed E-state index contributed by atoms with van der Waals surface area (Å²) in [5.41, 5.74) is 1.26. The van der Waals surface area contributed by atoms with Crippen molar-refractivity contribution in [3.8, 4) is 5.88 Å². The van der Waals surface area contributed by atoms with Gasteiger partial charge in [0.05, 0.1) is 12.9 Å². The third-order valence-corrected chi connectivity index (χ3v) is 3.32. The van der Waals surface area contributed by atoms with E-state index in [1.807, 2.05) is 0 Å². The number of aromatic nitrogens is 4. The molecule has 0 aliphatic heterocycles. The number of hydrogen-bond donors (Lipinski definition) is 1. The van der Waals surface area contributed by atoms with Crippen LogP contribution in [0.3, 0.4) is 0 Å². The summed E-state index contributed by atoms with van der Waals surface area (Å²) in [6, 6.07) is 0. The van der Waals surface area contributed by atoms with E-state index in [-0.39, 0.29) is 5.28 Å². The highest BCUT2D eigenvalue weighted by Gasteiger charge is 2.17. The van der Waals surface area contributed by atoms with E-state index in [0.717, 1.165) is 0 Å². The lowest BCUT2D eigenvalue weighted by atomic mass is 10.1. The van der Waals surface area contributed by atoms with Crippen LogP contribution < -0.4 is 4.74 Å². The normalized spacial score (nSPS) is 16.8. The van der Waals surface area contributed by atoms with E-state index in [0.29, 0.717) is 29.6 Å². The SMILES string of the molecule is Clc1nc(OCC2CCCC2)c2[nH]cnc2n1. The minimum absolute atomic E-state index is 0.172. The molecule has 1 fully saturated rings. The average Bonchev–Trinajstić information content (AvgIpc) is 2.95. The predicted molar refractivity (Wildman–Crippen MR) is 64.1 cm³/mol. The third kappa shape index (κ3) is 2.20. The number of ether oxygens (including phenoxy) is 1. The lowest BCUT2D eigenvalue weighted by molar-refractivity contribution is 0.246. The van der Waals surface area contributed by atoms with Gasteiger partial charge < -0.3 is 9.72 Å². The number of halogens is 1. The molecule has 6 heteroatoms. The molecule has 2 aromatic heterocycles. The number of nitrogens with one attached hydrogen (secondary N) is 1. The molecule has 2 heterocycles. The Hall–Kier alpha value is -1.36. The van der Waals surface area contributed by atoms with Gasteiger partial charge in [-0.2, -0.15) is 9.97 Å². The molecule has 0 amide bonds. The molecule has 1 aliphatic carbocycles. The maximum absolute atomic E-state index is 5.82. The molecule has 1 N–H and O–H groups in total. The Balaban J connectivity index is 1.81. The molecule has 3 rings (SSSR count). The Morgan fingerprint density at radius 1 is 1.35 bits per heavy atom. The summed E-state index contributed by atoms with van der Waals surface area (Å²) in [7, 11) is 0. The van der Waals surface area contributed by atoms with Crippen LogP contribution in [0.25, 0.3) is 11.2 Å². The van der Waals surface area contributed by atoms with Gasteiger partial charge in [-0.1, -0.05) is 12.8 Å². The maximum atomic E-state index is 5.82. The zero-order valence-electron chi connectivity index (χ0n) is 9.32. The van der Waals surface area contributed by atoms with Gasteiger partial charge in [-0.3, -0.25) is 0 Å². The summed E-state index contributed by atoms with van der Waals surface area (Å²) in [5.74, 6) is 1.14. The number of nitrogens with zero attached hydrogens (tertiary/aromatic N) is 3. The molecule has 1 saturated carbocycles. The van der Waals surface area contributed by atoms with E-state index in [4.69, 9.17) is 16.3 Å². The molecule has 1 aliphatic rings. The van der Waals surface area contributed by atoms with Gasteiger partial charge in [0.2, 0.25) is 11.2 Å². The first-order chi connectivity index (χ1) is 8.33. The summed E-state index contributed by atoms with van der Waals surface area (Å²) in [6.45, 7) is 0.696. The van der Waals surface area contributed by atoms with Crippen LogP contribution in [0.2, 0.25) is 5.28 Å². The fourth-order valence-electron chi connectivity index (χ4n) is 2.26. The van der Waals surface area contributed by atoms with Gasteiger partial charge in [0, 0.05) is 0 Å². The van der Waals surface area contributed by atoms with Crippen molar-refractivity contribution in [2.45, 2.75) is 25.7 Å². The quantitative estimate of drug-likeness (QED) is 0.853. The van der Waals surface area contributed by atoms with Crippen molar-refractivity contribution in [1.29, 1.82) is 0 Å². The maximum Gasteiger partial charge on any atom is 0.244 e. The van der Waals surface area contributed by atoms with E-state index < -0.39 is 0 Å². The number of H-pyrrole nitrogens is 1. The van der Waals surface area contributed by atoms with Crippen molar-refractivity contribution in [3.05, 3.63) is 11.6 Å². The number of rotatable bonds is 3. The van der Waals surface area contributed by atoms with E-state index in [1.54, 1.807) is 6.33 Å². The van der Waals surface area contributed by atoms with Crippen LogP contribution in [0.5, 0.6) is 5.88 Å². The second-order valence-corrected chi connectivity index (χ2v) is 4.70. The molecule has 5 nitrogen and oxygen atoms in total. The zero-order valence-corrected chi connectivity index (χ0v) is 10.1. The molecular weight excluding hydrogens is 240 g/mol. The molecule has 90 valence electrons. The van der Waals surface area contributed by atoms with E-state index in [9.17, 15) is 0 Å². The van der Waals surface area contributed by atoms with Gasteiger partial charge in [0.1, 0.15) is 5.52 Å². The number of aromatic amines is 1. The second-order valence-electron chi connectivity index (χ2n) is 4.36. The molecule has 0 saturated heterocycles. The van der Waals surface area contributed by atoms with Gasteiger partial charge in [0.15, 0.2) is 5.65 Å². The van der Waals surface area contributed by atoms with Crippen LogP contribution >= 0.6 is 11.6 Å². The minimum atomic E-state index is 0.172. The molecule has 0 aromatic carbocycles. The van der Waals surface area contributed by atoms with E-state index in [1.165, 1.54) is 25.7 Å². The Bertz CT molecular complexity index is 521. The van der Waals surface area contributed by atoms with Crippen LogP contribution in [-0.2, 0) is 0 Å². The lowest BCUT2D eigenvalue weighted by Gasteiger charge is -2.10. The highest BCUT2D eigenvalue weighted by atomic mass is 35.5. The van der Waals surface area contributed by atoms with Gasteiger partial charge in [-0.05, 0) is 30.4 Å². The highest BCUT2D eigenvalue weighted by Crippen LogP contribution is 2.27. The van der Waals surface area contributed by atoms with Crippen molar-refractivity contribution >= 4 is 22.8 Å². The average molecular weight is 253 g/mol. The Kier molecular flexibility index (Phi) is 2.84. The summed E-state index contributed by atoms with van der Waals surface area (Å²) < 4.78 is 5.74. The van der Waals surface area contributed by atoms with Crippen LogP contribution in [0, 0.1) is 5.92 Å². The highest BCUT2D eigenvalue weighted by molar-refractivity contribution is 6.28. The van der Waals surface area contributed by atoms with Crippen LogP contribution in [0.1, 0.15) is 25.7 Å². The van der Waals surface area contributed by atoms with Gasteiger partial charge >= 0.3 is 0 Å². The van der Waals surface area contributed by atoms with Crippen LogP contribution in [0.15, 0.2) is 6.33 Å². The van der Waals surface area contributed by atoms with E-state index in [2.05, 4.69) is 19.9 Å². The zero-order chi connectivity index (χ0) is 11.7. The largest absolute Gasteiger partial charge is 0.476 e. The first-order valence-corrected chi connectivity index (χ1v) is 6.20. The fourth-order valence-corrected chi connectivity index (χ4v) is 2.42. The van der Waals surface area contributed by atoms with Gasteiger partial charge in [-0.25, -0.2) is 4.98 Å². The van der Waals surface area contributed by atoms with E-state index >= 15 is 0 Å². The molecular formula is C11H13ClN4O. The van der Waals surface area contributed by atoms with Crippen molar-refractivity contribution in [3.63, 3.8) is 0 Å². The second kappa shape index (κ2) is 4.49. The molecule has 2 aromatic rings. The standard InChI is InChI=1S/C11H13ClN4O/c12-11-15-9-8(13-6-14-9)10(16-11)17-5-7-3-1-2-4-7/h6-7H,1-5H2,(H,13,14,15,16). The first-order valence-electron chi connectivity index (χ1n) is 5.82. The first kappa shape index (κ1) is 10.8. The third-order valence-electron chi connectivity index (χ3n) is 3.16. The molecule has 0 atom stereocenters. The van der Waals surface area contributed by atoms with Crippen molar-refractivity contribution in [2.24, 2.45) is 5.92 Å². The molecule has 0 spiro atoms. The molecule has 0 unspecified atom stereocenters. The number of hydrogen-bond acceptors (Lipinski definition) is 4. The summed E-state index contributed by atoms with van der Waals surface area (Å²) in [5, 5.41) is 0.172. The van der Waals surface area contributed by atoms with Crippen LogP contribution in [0.4, 0.5) is 0 Å². The van der Waals surface area contributed by atoms with Crippen molar-refractivity contribution in [1.82, 2.24) is 19.9 Å². The summed E-state index contributed by atoms with van der Waals surface area (Å²) >= 11 is 5.82. The number of imidazole rings is 1. The minimum Gasteiger partial charge on any atom is -0.476 e. The van der Waals surface area contributed by atoms with Crippen molar-refractivity contribution < 1.29 is 4.74 Å². The van der Waals surface area contributed by atoms with Gasteiger partial charge in [-0.15, -0.1) is 0 Å². The molecule has 17 heavy (non-hydrogen) atoms. The summed E-state index contributed by atoms with van der Waals surface area (Å²) in [4.78, 5) is 15.1. The Labute approximate surface area is 104 Å². The summed E-state index contributed by atoms with van der Waals surface area (Å²) in [6.07, 6.45) is 6.66. The predicted octanol–water partition coefficient (Wildman–Crippen LogP) is 2.58. The molecule has 0 bridgehead atoms. The Morgan fingerprint density at radius 3 is 3.00 bits per heavy atom. The van der Waals surface area contributed by atoms with Crippen molar-refractivity contribution in [2.75, 3.05) is 6.61 Å². The Morgan fingerprint density at radius 2 is 2.18 bits per heavy atom. The molecule has 0 radical (unpaired) electrons. The van der Waals surface area contributed by atoms with Crippen LogP contribution in [-0.4, -0.2) is 26.5 Å². The van der Waals surface area contributed by atoms with Gasteiger partial charge in [0.25, 0.3) is 0 Å².